The van der Waals surface area contributed by atoms with E-state index in [1.165, 1.54) is 6.07 Å². The molecule has 3 aromatic rings. The van der Waals surface area contributed by atoms with Crippen LogP contribution in [0.1, 0.15) is 31.9 Å². The number of benzene rings is 2. The van der Waals surface area contributed by atoms with Gasteiger partial charge in [-0.3, -0.25) is 4.68 Å². The third-order valence-corrected chi connectivity index (χ3v) is 4.83. The summed E-state index contributed by atoms with van der Waals surface area (Å²) in [4.78, 5) is 12.6. The SMILES string of the molecule is Cn1ncc2c(NC(=O)N[C@@H]3CC(C)(C)Oc4c(F)cc(F)cc43)cccc21. The molecule has 8 heteroatoms. The Morgan fingerprint density at radius 2 is 2.11 bits per heavy atom. The van der Waals surface area contributed by atoms with Crippen molar-refractivity contribution in [2.45, 2.75) is 31.9 Å². The summed E-state index contributed by atoms with van der Waals surface area (Å²) in [6.45, 7) is 3.59. The van der Waals surface area contributed by atoms with Gasteiger partial charge in [0.15, 0.2) is 11.6 Å². The number of urea groups is 1. The number of hydrogen-bond acceptors (Lipinski definition) is 3. The van der Waals surface area contributed by atoms with Crippen LogP contribution in [0.4, 0.5) is 19.3 Å². The van der Waals surface area contributed by atoms with Crippen LogP contribution in [0.25, 0.3) is 10.9 Å². The van der Waals surface area contributed by atoms with E-state index in [1.54, 1.807) is 30.8 Å². The van der Waals surface area contributed by atoms with E-state index in [4.69, 9.17) is 4.74 Å². The van der Waals surface area contributed by atoms with Crippen molar-refractivity contribution >= 4 is 22.6 Å². The van der Waals surface area contributed by atoms with Crippen molar-refractivity contribution in [3.63, 3.8) is 0 Å². The Morgan fingerprint density at radius 1 is 1.32 bits per heavy atom. The molecule has 1 aromatic heterocycles. The first-order chi connectivity index (χ1) is 13.2. The van der Waals surface area contributed by atoms with Crippen LogP contribution in [0.2, 0.25) is 0 Å². The standard InChI is InChI=1S/C20H20F2N4O2/c1-20(2)9-16(12-7-11(21)8-14(22)18(12)28-20)25-19(27)24-15-5-4-6-17-13(15)10-23-26(17)3/h4-8,10,16H,9H2,1-3H3,(H2,24,25,27)/t16-/m1/s1. The third-order valence-electron chi connectivity index (χ3n) is 4.83. The number of aromatic nitrogens is 2. The molecule has 146 valence electrons. The maximum absolute atomic E-state index is 14.2. The summed E-state index contributed by atoms with van der Waals surface area (Å²) in [5.41, 5.74) is 1.04. The van der Waals surface area contributed by atoms with Crippen molar-refractivity contribution in [1.82, 2.24) is 15.1 Å². The molecule has 6 nitrogen and oxygen atoms in total. The first-order valence-corrected chi connectivity index (χ1v) is 8.90. The summed E-state index contributed by atoms with van der Waals surface area (Å²) in [6, 6.07) is 6.38. The van der Waals surface area contributed by atoms with E-state index in [2.05, 4.69) is 15.7 Å². The van der Waals surface area contributed by atoms with E-state index in [-0.39, 0.29) is 11.3 Å². The number of fused-ring (bicyclic) bond motifs is 2. The zero-order chi connectivity index (χ0) is 20.1. The number of ether oxygens (including phenoxy) is 1. The molecule has 0 saturated heterocycles. The monoisotopic (exact) mass is 386 g/mol. The molecule has 2 amide bonds. The minimum absolute atomic E-state index is 0.0303. The largest absolute Gasteiger partial charge is 0.484 e. The first kappa shape index (κ1) is 18.2. The van der Waals surface area contributed by atoms with Gasteiger partial charge in [0.2, 0.25) is 0 Å². The molecule has 2 heterocycles. The number of carbonyl (C=O) groups excluding carboxylic acids is 1. The summed E-state index contributed by atoms with van der Waals surface area (Å²) in [6.07, 6.45) is 2.04. The quantitative estimate of drug-likeness (QED) is 0.691. The summed E-state index contributed by atoms with van der Waals surface area (Å²) < 4.78 is 35.3. The third kappa shape index (κ3) is 3.26. The van der Waals surface area contributed by atoms with Gasteiger partial charge in [0.05, 0.1) is 23.4 Å². The van der Waals surface area contributed by atoms with Crippen molar-refractivity contribution in [3.8, 4) is 5.75 Å². The summed E-state index contributed by atoms with van der Waals surface area (Å²) in [7, 11) is 1.82. The Balaban J connectivity index is 1.61. The zero-order valence-electron chi connectivity index (χ0n) is 15.7. The maximum Gasteiger partial charge on any atom is 0.319 e. The summed E-state index contributed by atoms with van der Waals surface area (Å²) >= 11 is 0. The van der Waals surface area contributed by atoms with Gasteiger partial charge < -0.3 is 15.4 Å². The van der Waals surface area contributed by atoms with Gasteiger partial charge in [0, 0.05) is 30.5 Å². The number of anilines is 1. The Kier molecular flexibility index (Phi) is 4.21. The molecular formula is C20H20F2N4O2. The highest BCUT2D eigenvalue weighted by molar-refractivity contribution is 6.00. The molecule has 0 bridgehead atoms. The van der Waals surface area contributed by atoms with Crippen LogP contribution in [-0.2, 0) is 7.05 Å². The number of nitrogens with zero attached hydrogens (tertiary/aromatic N) is 2. The molecule has 1 aliphatic heterocycles. The fourth-order valence-corrected chi connectivity index (χ4v) is 3.60. The molecule has 1 atom stereocenters. The zero-order valence-corrected chi connectivity index (χ0v) is 15.7. The van der Waals surface area contributed by atoms with Crippen LogP contribution in [0.15, 0.2) is 36.5 Å². The Hall–Kier alpha value is -3.16. The molecule has 0 aliphatic carbocycles. The van der Waals surface area contributed by atoms with Crippen molar-refractivity contribution in [2.24, 2.45) is 7.05 Å². The molecule has 0 radical (unpaired) electrons. The number of halogens is 2. The van der Waals surface area contributed by atoms with Crippen LogP contribution in [0.5, 0.6) is 5.75 Å². The Labute approximate surface area is 160 Å². The number of rotatable bonds is 2. The van der Waals surface area contributed by atoms with E-state index >= 15 is 0 Å². The predicted octanol–water partition coefficient (Wildman–Crippen LogP) is 4.28. The Bertz CT molecular complexity index is 1080. The highest BCUT2D eigenvalue weighted by Gasteiger charge is 2.36. The topological polar surface area (TPSA) is 68.2 Å². The van der Waals surface area contributed by atoms with Crippen molar-refractivity contribution < 1.29 is 18.3 Å². The Morgan fingerprint density at radius 3 is 2.89 bits per heavy atom. The molecule has 0 fully saturated rings. The van der Waals surface area contributed by atoms with Gasteiger partial charge in [-0.05, 0) is 32.0 Å². The second-order valence-corrected chi connectivity index (χ2v) is 7.53. The fourth-order valence-electron chi connectivity index (χ4n) is 3.60. The van der Waals surface area contributed by atoms with Gasteiger partial charge in [-0.15, -0.1) is 0 Å². The highest BCUT2D eigenvalue weighted by Crippen LogP contribution is 2.41. The van der Waals surface area contributed by atoms with Crippen LogP contribution in [0, 0.1) is 11.6 Å². The number of hydrogen-bond donors (Lipinski definition) is 2. The molecule has 2 aromatic carbocycles. The van der Waals surface area contributed by atoms with Gasteiger partial charge in [0.1, 0.15) is 11.4 Å². The average molecular weight is 386 g/mol. The summed E-state index contributed by atoms with van der Waals surface area (Å²) in [5, 5.41) is 10.6. The van der Waals surface area contributed by atoms with E-state index in [0.717, 1.165) is 17.0 Å². The van der Waals surface area contributed by atoms with Crippen molar-refractivity contribution in [3.05, 3.63) is 53.7 Å². The lowest BCUT2D eigenvalue weighted by atomic mass is 9.89. The van der Waals surface area contributed by atoms with Crippen LogP contribution < -0.4 is 15.4 Å². The molecular weight excluding hydrogens is 366 g/mol. The van der Waals surface area contributed by atoms with E-state index < -0.39 is 29.3 Å². The van der Waals surface area contributed by atoms with E-state index in [1.807, 2.05) is 19.2 Å². The molecule has 2 N–H and O–H groups in total. The van der Waals surface area contributed by atoms with Crippen molar-refractivity contribution in [1.29, 1.82) is 0 Å². The van der Waals surface area contributed by atoms with Crippen LogP contribution in [0.3, 0.4) is 0 Å². The number of nitrogens with one attached hydrogen (secondary N) is 2. The fraction of sp³-hybridized carbons (Fsp3) is 0.300. The molecule has 28 heavy (non-hydrogen) atoms. The van der Waals surface area contributed by atoms with Crippen molar-refractivity contribution in [2.75, 3.05) is 5.32 Å². The lowest BCUT2D eigenvalue weighted by Crippen LogP contribution is -2.43. The second kappa shape index (κ2) is 6.47. The first-order valence-electron chi connectivity index (χ1n) is 8.90. The van der Waals surface area contributed by atoms with Gasteiger partial charge in [-0.1, -0.05) is 6.07 Å². The number of carbonyl (C=O) groups is 1. The average Bonchev–Trinajstić information content (AvgIpc) is 2.98. The van der Waals surface area contributed by atoms with Gasteiger partial charge >= 0.3 is 6.03 Å². The van der Waals surface area contributed by atoms with E-state index in [9.17, 15) is 13.6 Å². The van der Waals surface area contributed by atoms with Gasteiger partial charge in [0.25, 0.3) is 0 Å². The molecule has 4 rings (SSSR count). The second-order valence-electron chi connectivity index (χ2n) is 7.53. The number of aryl methyl sites for hydroxylation is 1. The van der Waals surface area contributed by atoms with Crippen LogP contribution >= 0.6 is 0 Å². The summed E-state index contributed by atoms with van der Waals surface area (Å²) in [5.74, 6) is -1.53. The normalized spacial score (nSPS) is 17.7. The molecule has 1 aliphatic rings. The number of amides is 2. The maximum atomic E-state index is 14.2. The smallest absolute Gasteiger partial charge is 0.319 e. The molecule has 0 saturated carbocycles. The molecule has 0 unspecified atom stereocenters. The lowest BCUT2D eigenvalue weighted by molar-refractivity contribution is 0.0626. The lowest BCUT2D eigenvalue weighted by Gasteiger charge is -2.38. The molecule has 0 spiro atoms. The predicted molar refractivity (Wildman–Crippen MR) is 101 cm³/mol. The minimum atomic E-state index is -0.782. The highest BCUT2D eigenvalue weighted by atomic mass is 19.1. The van der Waals surface area contributed by atoms with Gasteiger partial charge in [-0.2, -0.15) is 5.10 Å². The van der Waals surface area contributed by atoms with Crippen LogP contribution in [-0.4, -0.2) is 21.4 Å². The van der Waals surface area contributed by atoms with E-state index in [0.29, 0.717) is 12.1 Å². The minimum Gasteiger partial charge on any atom is -0.484 e. The van der Waals surface area contributed by atoms with Gasteiger partial charge in [-0.25, -0.2) is 13.6 Å².